The molecule has 0 aromatic carbocycles. The summed E-state index contributed by atoms with van der Waals surface area (Å²) >= 11 is 5.73. The average Bonchev–Trinajstić information content (AvgIpc) is 2.24. The van der Waals surface area contributed by atoms with Crippen molar-refractivity contribution in [2.45, 2.75) is 6.92 Å². The molecule has 0 aliphatic carbocycles. The Bertz CT molecular complexity index is 694. The Kier molecular flexibility index (Phi) is 2.84. The summed E-state index contributed by atoms with van der Waals surface area (Å²) < 4.78 is 18.7. The van der Waals surface area contributed by atoms with Crippen LogP contribution in [0.4, 0.5) is 4.39 Å². The molecule has 0 saturated heterocycles. The molecule has 0 aliphatic rings. The van der Waals surface area contributed by atoms with Crippen molar-refractivity contribution < 1.29 is 9.13 Å². The van der Waals surface area contributed by atoms with Gasteiger partial charge in [0, 0.05) is 0 Å². The first-order valence-corrected chi connectivity index (χ1v) is 5.06. The molecule has 2 N–H and O–H groups in total. The molecule has 0 bridgehead atoms. The maximum absolute atomic E-state index is 13.8. The highest BCUT2D eigenvalue weighted by atomic mass is 35.5. The van der Waals surface area contributed by atoms with Crippen molar-refractivity contribution >= 4 is 22.5 Å². The fourth-order valence-corrected chi connectivity index (χ4v) is 1.64. The van der Waals surface area contributed by atoms with E-state index < -0.39 is 17.1 Å². The number of hydrogen-bond donors (Lipinski definition) is 2. The predicted octanol–water partition coefficient (Wildman–Crippen LogP) is 0.803. The fraction of sp³-hybridized carbons (Fsp3) is 0.222. The van der Waals surface area contributed by atoms with Crippen molar-refractivity contribution in [3.05, 3.63) is 31.8 Å². The minimum absolute atomic E-state index is 0.180. The summed E-state index contributed by atoms with van der Waals surface area (Å²) in [5.41, 5.74) is -1.95. The van der Waals surface area contributed by atoms with Gasteiger partial charge in [-0.05, 0) is 6.92 Å². The van der Waals surface area contributed by atoms with Gasteiger partial charge in [-0.25, -0.2) is 4.79 Å². The van der Waals surface area contributed by atoms with E-state index in [0.717, 1.165) is 0 Å². The smallest absolute Gasteiger partial charge is 0.326 e. The molecular formula is C9H7ClFN3O3. The second-order valence-electron chi connectivity index (χ2n) is 3.11. The first-order chi connectivity index (χ1) is 8.04. The van der Waals surface area contributed by atoms with Crippen LogP contribution < -0.4 is 16.0 Å². The van der Waals surface area contributed by atoms with Gasteiger partial charge in [0.2, 0.25) is 5.82 Å². The Morgan fingerprint density at radius 3 is 2.76 bits per heavy atom. The molecule has 2 rings (SSSR count). The monoisotopic (exact) mass is 259 g/mol. The lowest BCUT2D eigenvalue weighted by Gasteiger charge is -2.06. The van der Waals surface area contributed by atoms with E-state index in [0.29, 0.717) is 0 Å². The summed E-state index contributed by atoms with van der Waals surface area (Å²) in [6, 6.07) is 0. The summed E-state index contributed by atoms with van der Waals surface area (Å²) in [7, 11) is 0. The molecule has 0 saturated carbocycles. The van der Waals surface area contributed by atoms with Gasteiger partial charge in [0.05, 0.1) is 6.61 Å². The topological polar surface area (TPSA) is 87.8 Å². The minimum Gasteiger partial charge on any atom is -0.476 e. The van der Waals surface area contributed by atoms with E-state index in [1.807, 2.05) is 4.98 Å². The lowest BCUT2D eigenvalue weighted by atomic mass is 10.3. The number of halogens is 2. The van der Waals surface area contributed by atoms with E-state index >= 15 is 0 Å². The summed E-state index contributed by atoms with van der Waals surface area (Å²) in [5.74, 6) is -1.28. The van der Waals surface area contributed by atoms with Crippen molar-refractivity contribution in [1.82, 2.24) is 15.0 Å². The molecule has 17 heavy (non-hydrogen) atoms. The molecule has 0 fully saturated rings. The van der Waals surface area contributed by atoms with Crippen LogP contribution in [0.2, 0.25) is 5.15 Å². The van der Waals surface area contributed by atoms with Gasteiger partial charge in [-0.3, -0.25) is 9.78 Å². The molecule has 0 aliphatic heterocycles. The summed E-state index contributed by atoms with van der Waals surface area (Å²) in [6.45, 7) is 1.82. The number of ether oxygens (including phenoxy) is 1. The lowest BCUT2D eigenvalue weighted by Crippen LogP contribution is -2.23. The summed E-state index contributed by atoms with van der Waals surface area (Å²) in [5, 5.41) is -0.449. The van der Waals surface area contributed by atoms with Gasteiger partial charge in [0.25, 0.3) is 11.4 Å². The Morgan fingerprint density at radius 2 is 2.12 bits per heavy atom. The molecule has 0 atom stereocenters. The van der Waals surface area contributed by atoms with Crippen LogP contribution in [-0.2, 0) is 0 Å². The molecule has 0 amide bonds. The Balaban J connectivity index is 2.93. The third-order valence-corrected chi connectivity index (χ3v) is 2.31. The lowest BCUT2D eigenvalue weighted by molar-refractivity contribution is 0.309. The number of pyridine rings is 1. The standard InChI is InChI=1S/C9H7ClFN3O3/c1-2-17-8-4(11)5-3(6(10)13-8)7(15)14-9(16)12-5/h2H2,1H3,(H2,12,14,15,16). The number of aromatic amines is 2. The van der Waals surface area contributed by atoms with Crippen molar-refractivity contribution in [3.63, 3.8) is 0 Å². The van der Waals surface area contributed by atoms with Crippen molar-refractivity contribution in [3.8, 4) is 5.88 Å². The molecule has 2 heterocycles. The zero-order valence-corrected chi connectivity index (χ0v) is 9.39. The first-order valence-electron chi connectivity index (χ1n) is 4.68. The van der Waals surface area contributed by atoms with Gasteiger partial charge in [-0.2, -0.15) is 9.37 Å². The zero-order chi connectivity index (χ0) is 12.6. The molecule has 8 heteroatoms. The van der Waals surface area contributed by atoms with Crippen molar-refractivity contribution in [1.29, 1.82) is 0 Å². The van der Waals surface area contributed by atoms with Crippen LogP contribution in [-0.4, -0.2) is 21.6 Å². The van der Waals surface area contributed by atoms with Crippen LogP contribution in [0.3, 0.4) is 0 Å². The van der Waals surface area contributed by atoms with Gasteiger partial charge in [0.15, 0.2) is 0 Å². The Hall–Kier alpha value is -1.89. The third kappa shape index (κ3) is 1.89. The molecule has 6 nitrogen and oxygen atoms in total. The average molecular weight is 260 g/mol. The molecule has 0 spiro atoms. The molecule has 0 radical (unpaired) electrons. The maximum Gasteiger partial charge on any atom is 0.326 e. The van der Waals surface area contributed by atoms with E-state index in [-0.39, 0.29) is 28.5 Å². The summed E-state index contributed by atoms with van der Waals surface area (Å²) in [4.78, 5) is 30.2. The van der Waals surface area contributed by atoms with Crippen LogP contribution >= 0.6 is 11.6 Å². The third-order valence-electron chi connectivity index (χ3n) is 2.04. The Labute approximate surface area is 98.4 Å². The zero-order valence-electron chi connectivity index (χ0n) is 8.63. The van der Waals surface area contributed by atoms with E-state index in [9.17, 15) is 14.0 Å². The molecule has 90 valence electrons. The van der Waals surface area contributed by atoms with Gasteiger partial charge in [-0.15, -0.1) is 0 Å². The number of aromatic nitrogens is 3. The number of hydrogen-bond acceptors (Lipinski definition) is 4. The van der Waals surface area contributed by atoms with E-state index in [4.69, 9.17) is 16.3 Å². The fourth-order valence-electron chi connectivity index (χ4n) is 1.38. The van der Waals surface area contributed by atoms with E-state index in [1.165, 1.54) is 0 Å². The van der Waals surface area contributed by atoms with Crippen LogP contribution in [0.15, 0.2) is 9.59 Å². The normalized spacial score (nSPS) is 10.8. The van der Waals surface area contributed by atoms with Crippen LogP contribution in [0.1, 0.15) is 6.92 Å². The second-order valence-corrected chi connectivity index (χ2v) is 3.47. The van der Waals surface area contributed by atoms with Gasteiger partial charge in [-0.1, -0.05) is 11.6 Å². The van der Waals surface area contributed by atoms with Crippen LogP contribution in [0, 0.1) is 5.82 Å². The van der Waals surface area contributed by atoms with Gasteiger partial charge in [0.1, 0.15) is 16.1 Å². The summed E-state index contributed by atoms with van der Waals surface area (Å²) in [6.07, 6.45) is 0. The van der Waals surface area contributed by atoms with E-state index in [1.54, 1.807) is 6.92 Å². The molecule has 0 unspecified atom stereocenters. The minimum atomic E-state index is -0.922. The van der Waals surface area contributed by atoms with Crippen LogP contribution in [0.25, 0.3) is 10.9 Å². The highest BCUT2D eigenvalue weighted by molar-refractivity contribution is 6.34. The number of fused-ring (bicyclic) bond motifs is 1. The number of nitrogens with zero attached hydrogens (tertiary/aromatic N) is 1. The van der Waals surface area contributed by atoms with Crippen molar-refractivity contribution in [2.24, 2.45) is 0 Å². The highest BCUT2D eigenvalue weighted by Gasteiger charge is 2.17. The molecular weight excluding hydrogens is 253 g/mol. The molecule has 2 aromatic heterocycles. The first kappa shape index (κ1) is 11.6. The molecule has 2 aromatic rings. The quantitative estimate of drug-likeness (QED) is 0.781. The number of nitrogens with one attached hydrogen (secondary N) is 2. The Morgan fingerprint density at radius 1 is 1.41 bits per heavy atom. The van der Waals surface area contributed by atoms with Crippen LogP contribution in [0.5, 0.6) is 5.88 Å². The largest absolute Gasteiger partial charge is 0.476 e. The van der Waals surface area contributed by atoms with E-state index in [2.05, 4.69) is 9.97 Å². The maximum atomic E-state index is 13.8. The highest BCUT2D eigenvalue weighted by Crippen LogP contribution is 2.25. The predicted molar refractivity (Wildman–Crippen MR) is 59.1 cm³/mol. The van der Waals surface area contributed by atoms with Gasteiger partial charge >= 0.3 is 5.69 Å². The SMILES string of the molecule is CCOc1nc(Cl)c2c(=O)[nH]c(=O)[nH]c2c1F. The van der Waals surface area contributed by atoms with Gasteiger partial charge < -0.3 is 9.72 Å². The number of rotatable bonds is 2. The second kappa shape index (κ2) is 4.17. The van der Waals surface area contributed by atoms with Crippen molar-refractivity contribution in [2.75, 3.05) is 6.61 Å². The number of H-pyrrole nitrogens is 2.